The summed E-state index contributed by atoms with van der Waals surface area (Å²) in [5.41, 5.74) is 7.17. The van der Waals surface area contributed by atoms with Crippen LogP contribution in [0.25, 0.3) is 0 Å². The van der Waals surface area contributed by atoms with Gasteiger partial charge in [-0.2, -0.15) is 11.8 Å². The SMILES string of the molecule is CSC1(C(N)=S)CCN(Cc2cccc(Cl)c2)CC1. The Morgan fingerprint density at radius 1 is 1.47 bits per heavy atom. The number of piperidine rings is 1. The summed E-state index contributed by atoms with van der Waals surface area (Å²) in [7, 11) is 0. The van der Waals surface area contributed by atoms with Gasteiger partial charge in [-0.15, -0.1) is 0 Å². The number of thiocarbonyl (C=S) groups is 1. The van der Waals surface area contributed by atoms with Crippen molar-refractivity contribution in [3.05, 3.63) is 34.9 Å². The maximum Gasteiger partial charge on any atom is 0.0891 e. The van der Waals surface area contributed by atoms with E-state index in [0.717, 1.165) is 37.5 Å². The average molecular weight is 315 g/mol. The minimum Gasteiger partial charge on any atom is -0.392 e. The summed E-state index contributed by atoms with van der Waals surface area (Å²) in [5, 5.41) is 0.802. The van der Waals surface area contributed by atoms with Gasteiger partial charge in [-0.1, -0.05) is 36.0 Å². The van der Waals surface area contributed by atoms with E-state index in [0.29, 0.717) is 4.99 Å². The number of halogens is 1. The monoisotopic (exact) mass is 314 g/mol. The van der Waals surface area contributed by atoms with Crippen molar-refractivity contribution in [1.29, 1.82) is 0 Å². The minimum atomic E-state index is 0.000165. The number of thioether (sulfide) groups is 1. The van der Waals surface area contributed by atoms with E-state index in [2.05, 4.69) is 17.2 Å². The average Bonchev–Trinajstić information content (AvgIpc) is 2.39. The van der Waals surface area contributed by atoms with Crippen LogP contribution in [-0.2, 0) is 6.54 Å². The summed E-state index contributed by atoms with van der Waals surface area (Å²) < 4.78 is 0.000165. The van der Waals surface area contributed by atoms with E-state index < -0.39 is 0 Å². The molecule has 1 aliphatic heterocycles. The van der Waals surface area contributed by atoms with Gasteiger partial charge in [0.25, 0.3) is 0 Å². The normalized spacial score (nSPS) is 19.3. The van der Waals surface area contributed by atoms with Crippen LogP contribution in [0.3, 0.4) is 0 Å². The molecule has 1 heterocycles. The highest BCUT2D eigenvalue weighted by Gasteiger charge is 2.36. The zero-order valence-corrected chi connectivity index (χ0v) is 13.5. The molecule has 0 saturated carbocycles. The molecule has 5 heteroatoms. The summed E-state index contributed by atoms with van der Waals surface area (Å²) >= 11 is 13.0. The van der Waals surface area contributed by atoms with E-state index in [9.17, 15) is 0 Å². The molecule has 0 spiro atoms. The summed E-state index contributed by atoms with van der Waals surface area (Å²) in [6.07, 6.45) is 4.17. The topological polar surface area (TPSA) is 29.3 Å². The lowest BCUT2D eigenvalue weighted by Crippen LogP contribution is -2.48. The van der Waals surface area contributed by atoms with Gasteiger partial charge in [0.1, 0.15) is 0 Å². The first kappa shape index (κ1) is 15.1. The lowest BCUT2D eigenvalue weighted by Gasteiger charge is -2.40. The van der Waals surface area contributed by atoms with Gasteiger partial charge in [-0.3, -0.25) is 4.90 Å². The third kappa shape index (κ3) is 3.63. The number of nitrogens with zero attached hydrogens (tertiary/aromatic N) is 1. The number of likely N-dealkylation sites (tertiary alicyclic amines) is 1. The first-order chi connectivity index (χ1) is 9.05. The van der Waals surface area contributed by atoms with Crippen molar-refractivity contribution in [2.24, 2.45) is 5.73 Å². The van der Waals surface area contributed by atoms with Crippen LogP contribution in [0.5, 0.6) is 0 Å². The maximum absolute atomic E-state index is 6.02. The van der Waals surface area contributed by atoms with Crippen molar-refractivity contribution in [1.82, 2.24) is 4.90 Å². The summed E-state index contributed by atoms with van der Waals surface area (Å²) in [5.74, 6) is 0. The number of benzene rings is 1. The van der Waals surface area contributed by atoms with Gasteiger partial charge < -0.3 is 5.73 Å². The van der Waals surface area contributed by atoms with Crippen molar-refractivity contribution >= 4 is 40.6 Å². The number of rotatable bonds is 4. The van der Waals surface area contributed by atoms with E-state index >= 15 is 0 Å². The van der Waals surface area contributed by atoms with Gasteiger partial charge in [0.15, 0.2) is 0 Å². The molecule has 0 amide bonds. The molecule has 0 radical (unpaired) electrons. The van der Waals surface area contributed by atoms with Crippen molar-refractivity contribution in [3.63, 3.8) is 0 Å². The third-order valence-electron chi connectivity index (χ3n) is 3.80. The predicted molar refractivity (Wildman–Crippen MR) is 89.0 cm³/mol. The van der Waals surface area contributed by atoms with Crippen molar-refractivity contribution in [2.45, 2.75) is 24.1 Å². The second kappa shape index (κ2) is 6.44. The summed E-state index contributed by atoms with van der Waals surface area (Å²) in [6, 6.07) is 8.07. The smallest absolute Gasteiger partial charge is 0.0891 e. The zero-order chi connectivity index (χ0) is 13.9. The Labute approximate surface area is 129 Å². The first-order valence-electron chi connectivity index (χ1n) is 6.37. The number of hydrogen-bond acceptors (Lipinski definition) is 3. The Balaban J connectivity index is 1.95. The fourth-order valence-corrected chi connectivity index (χ4v) is 3.98. The van der Waals surface area contributed by atoms with Crippen LogP contribution >= 0.6 is 35.6 Å². The van der Waals surface area contributed by atoms with E-state index in [-0.39, 0.29) is 4.75 Å². The van der Waals surface area contributed by atoms with Gasteiger partial charge in [-0.25, -0.2) is 0 Å². The molecule has 0 aromatic heterocycles. The Kier molecular flexibility index (Phi) is 5.12. The van der Waals surface area contributed by atoms with Crippen LogP contribution in [-0.4, -0.2) is 34.0 Å². The molecule has 19 heavy (non-hydrogen) atoms. The van der Waals surface area contributed by atoms with Crippen LogP contribution in [0.2, 0.25) is 5.02 Å². The minimum absolute atomic E-state index is 0.000165. The lowest BCUT2D eigenvalue weighted by molar-refractivity contribution is 0.212. The zero-order valence-electron chi connectivity index (χ0n) is 11.1. The summed E-state index contributed by atoms with van der Waals surface area (Å²) in [6.45, 7) is 3.01. The van der Waals surface area contributed by atoms with Gasteiger partial charge in [0, 0.05) is 24.7 Å². The highest BCUT2D eigenvalue weighted by molar-refractivity contribution is 8.02. The molecule has 1 aromatic rings. The van der Waals surface area contributed by atoms with Crippen LogP contribution in [0, 0.1) is 0 Å². The van der Waals surface area contributed by atoms with Gasteiger partial charge >= 0.3 is 0 Å². The number of nitrogens with two attached hydrogens (primary N) is 1. The molecule has 2 rings (SSSR count). The molecule has 2 N–H and O–H groups in total. The molecule has 0 unspecified atom stereocenters. The van der Waals surface area contributed by atoms with Gasteiger partial charge in [0.05, 0.1) is 9.74 Å². The standard InChI is InChI=1S/C14H19ClN2S2/c1-19-14(13(16)18)5-7-17(8-6-14)10-11-3-2-4-12(15)9-11/h2-4,9H,5-8,10H2,1H3,(H2,16,18). The highest BCUT2D eigenvalue weighted by Crippen LogP contribution is 2.35. The molecular formula is C14H19ClN2S2. The Hall–Kier alpha value is -0.290. The molecule has 104 valence electrons. The highest BCUT2D eigenvalue weighted by atomic mass is 35.5. The molecule has 2 nitrogen and oxygen atoms in total. The van der Waals surface area contributed by atoms with Crippen molar-refractivity contribution in [3.8, 4) is 0 Å². The molecular weight excluding hydrogens is 296 g/mol. The van der Waals surface area contributed by atoms with Crippen LogP contribution in [0.15, 0.2) is 24.3 Å². The largest absolute Gasteiger partial charge is 0.392 e. The second-order valence-electron chi connectivity index (χ2n) is 4.97. The Morgan fingerprint density at radius 2 is 2.16 bits per heavy atom. The lowest BCUT2D eigenvalue weighted by atomic mass is 9.95. The maximum atomic E-state index is 6.02. The third-order valence-corrected chi connectivity index (χ3v) is 5.96. The van der Waals surface area contributed by atoms with Crippen molar-refractivity contribution in [2.75, 3.05) is 19.3 Å². The van der Waals surface area contributed by atoms with Crippen molar-refractivity contribution < 1.29 is 0 Å². The van der Waals surface area contributed by atoms with E-state index in [1.807, 2.05) is 18.2 Å². The predicted octanol–water partition coefficient (Wildman–Crippen LogP) is 3.32. The molecule has 1 aromatic carbocycles. The molecule has 1 saturated heterocycles. The second-order valence-corrected chi connectivity index (χ2v) is 7.03. The summed E-state index contributed by atoms with van der Waals surface area (Å²) in [4.78, 5) is 3.10. The van der Waals surface area contributed by atoms with E-state index in [1.165, 1.54) is 5.56 Å². The fraction of sp³-hybridized carbons (Fsp3) is 0.500. The van der Waals surface area contributed by atoms with E-state index in [4.69, 9.17) is 29.6 Å². The molecule has 0 bridgehead atoms. The molecule has 0 aliphatic carbocycles. The fourth-order valence-electron chi connectivity index (χ4n) is 2.52. The Morgan fingerprint density at radius 3 is 2.68 bits per heavy atom. The van der Waals surface area contributed by atoms with Crippen LogP contribution < -0.4 is 5.73 Å². The van der Waals surface area contributed by atoms with Gasteiger partial charge in [-0.05, 0) is 36.8 Å². The number of hydrogen-bond donors (Lipinski definition) is 1. The molecule has 1 fully saturated rings. The van der Waals surface area contributed by atoms with Gasteiger partial charge in [0.2, 0.25) is 0 Å². The van der Waals surface area contributed by atoms with E-state index in [1.54, 1.807) is 11.8 Å². The molecule has 0 atom stereocenters. The molecule has 1 aliphatic rings. The quantitative estimate of drug-likeness (QED) is 0.863. The Bertz CT molecular complexity index is 457. The first-order valence-corrected chi connectivity index (χ1v) is 8.39. The van der Waals surface area contributed by atoms with Crippen LogP contribution in [0.4, 0.5) is 0 Å². The van der Waals surface area contributed by atoms with Crippen LogP contribution in [0.1, 0.15) is 18.4 Å².